The van der Waals surface area contributed by atoms with E-state index in [0.29, 0.717) is 0 Å². The summed E-state index contributed by atoms with van der Waals surface area (Å²) in [6.07, 6.45) is 1.86. The van der Waals surface area contributed by atoms with Crippen molar-refractivity contribution in [3.8, 4) is 0 Å². The van der Waals surface area contributed by atoms with Crippen molar-refractivity contribution in [3.05, 3.63) is 0 Å². The molecule has 1 heterocycles. The normalized spacial score (nSPS) is 22.6. The van der Waals surface area contributed by atoms with E-state index in [2.05, 4.69) is 35.7 Å². The largest absolute Gasteiger partial charge is 0.467 e. The molecule has 1 fully saturated rings. The van der Waals surface area contributed by atoms with E-state index in [1.807, 2.05) is 0 Å². The maximum atomic E-state index is 12.2. The van der Waals surface area contributed by atoms with E-state index in [9.17, 15) is 9.59 Å². The van der Waals surface area contributed by atoms with Crippen LogP contribution in [0.15, 0.2) is 0 Å². The Morgan fingerprint density at radius 1 is 1.39 bits per heavy atom. The standard InChI is InChI=1S/C13H24N2O3/c1-9(12(17)18-5)14-11(16)10-7-6-8-15(10)13(2,3)4/h9-10H,6-8H2,1-5H3,(H,14,16)/t9-,10+/m1/s1. The van der Waals surface area contributed by atoms with Gasteiger partial charge < -0.3 is 10.1 Å². The lowest BCUT2D eigenvalue weighted by molar-refractivity contribution is -0.145. The van der Waals surface area contributed by atoms with Crippen LogP contribution in [-0.2, 0) is 14.3 Å². The number of nitrogens with zero attached hydrogens (tertiary/aromatic N) is 1. The predicted molar refractivity (Wildman–Crippen MR) is 69.1 cm³/mol. The second-order valence-corrected chi connectivity index (χ2v) is 5.78. The van der Waals surface area contributed by atoms with Crippen molar-refractivity contribution in [1.82, 2.24) is 10.2 Å². The molecular formula is C13H24N2O3. The van der Waals surface area contributed by atoms with Crippen LogP contribution in [0.1, 0.15) is 40.5 Å². The van der Waals surface area contributed by atoms with Gasteiger partial charge in [0.2, 0.25) is 5.91 Å². The summed E-state index contributed by atoms with van der Waals surface area (Å²) in [5.74, 6) is -0.496. The minimum Gasteiger partial charge on any atom is -0.467 e. The van der Waals surface area contributed by atoms with Gasteiger partial charge >= 0.3 is 5.97 Å². The first-order valence-electron chi connectivity index (χ1n) is 6.42. The smallest absolute Gasteiger partial charge is 0.328 e. The second kappa shape index (κ2) is 5.69. The van der Waals surface area contributed by atoms with Gasteiger partial charge in [0.25, 0.3) is 0 Å². The zero-order chi connectivity index (χ0) is 13.9. The van der Waals surface area contributed by atoms with Crippen LogP contribution in [0.4, 0.5) is 0 Å². The fourth-order valence-corrected chi connectivity index (χ4v) is 2.39. The van der Waals surface area contributed by atoms with Gasteiger partial charge in [0, 0.05) is 5.54 Å². The van der Waals surface area contributed by atoms with Crippen LogP contribution in [-0.4, -0.2) is 48.1 Å². The molecule has 0 bridgehead atoms. The molecule has 2 atom stereocenters. The fraction of sp³-hybridized carbons (Fsp3) is 0.846. The highest BCUT2D eigenvalue weighted by molar-refractivity contribution is 5.87. The van der Waals surface area contributed by atoms with Crippen LogP contribution >= 0.6 is 0 Å². The molecule has 0 radical (unpaired) electrons. The highest BCUT2D eigenvalue weighted by Crippen LogP contribution is 2.26. The van der Waals surface area contributed by atoms with E-state index in [1.54, 1.807) is 6.92 Å². The van der Waals surface area contributed by atoms with Gasteiger partial charge in [-0.25, -0.2) is 4.79 Å². The van der Waals surface area contributed by atoms with Crippen LogP contribution in [0, 0.1) is 0 Å². The SMILES string of the molecule is COC(=O)[C@@H](C)NC(=O)[C@@H]1CCCN1C(C)(C)C. The summed E-state index contributed by atoms with van der Waals surface area (Å²) in [4.78, 5) is 25.6. The Hall–Kier alpha value is -1.10. The Morgan fingerprint density at radius 2 is 2.00 bits per heavy atom. The molecule has 0 unspecified atom stereocenters. The van der Waals surface area contributed by atoms with Crippen molar-refractivity contribution in [3.63, 3.8) is 0 Å². The quantitative estimate of drug-likeness (QED) is 0.763. The van der Waals surface area contributed by atoms with Gasteiger partial charge in [0.1, 0.15) is 6.04 Å². The molecule has 1 N–H and O–H groups in total. The van der Waals surface area contributed by atoms with Gasteiger partial charge in [-0.05, 0) is 47.1 Å². The third kappa shape index (κ3) is 3.45. The molecule has 18 heavy (non-hydrogen) atoms. The minimum atomic E-state index is -0.593. The van der Waals surface area contributed by atoms with E-state index in [0.717, 1.165) is 19.4 Å². The van der Waals surface area contributed by atoms with Gasteiger partial charge in [-0.3, -0.25) is 9.69 Å². The molecule has 0 aliphatic carbocycles. The lowest BCUT2D eigenvalue weighted by Crippen LogP contribution is -2.53. The highest BCUT2D eigenvalue weighted by Gasteiger charge is 2.37. The van der Waals surface area contributed by atoms with Crippen LogP contribution in [0.2, 0.25) is 0 Å². The Labute approximate surface area is 109 Å². The zero-order valence-corrected chi connectivity index (χ0v) is 11.9. The number of likely N-dealkylation sites (tertiary alicyclic amines) is 1. The first kappa shape index (κ1) is 15.0. The summed E-state index contributed by atoms with van der Waals surface area (Å²) < 4.78 is 4.60. The summed E-state index contributed by atoms with van der Waals surface area (Å²) in [7, 11) is 1.32. The number of ether oxygens (including phenoxy) is 1. The summed E-state index contributed by atoms with van der Waals surface area (Å²) in [5.41, 5.74) is -0.0347. The van der Waals surface area contributed by atoms with Crippen LogP contribution in [0.3, 0.4) is 0 Å². The zero-order valence-electron chi connectivity index (χ0n) is 11.9. The molecule has 1 saturated heterocycles. The maximum absolute atomic E-state index is 12.2. The summed E-state index contributed by atoms with van der Waals surface area (Å²) in [6, 6.07) is -0.734. The monoisotopic (exact) mass is 256 g/mol. The molecule has 1 rings (SSSR count). The minimum absolute atomic E-state index is 0.0347. The predicted octanol–water partition coefficient (Wildman–Crippen LogP) is 0.927. The van der Waals surface area contributed by atoms with E-state index in [1.165, 1.54) is 7.11 Å². The number of hydrogen-bond acceptors (Lipinski definition) is 4. The fourth-order valence-electron chi connectivity index (χ4n) is 2.39. The Kier molecular flexibility index (Phi) is 4.73. The Bertz CT molecular complexity index is 323. The number of methoxy groups -OCH3 is 1. The van der Waals surface area contributed by atoms with Gasteiger partial charge in [-0.2, -0.15) is 0 Å². The molecule has 104 valence electrons. The molecule has 0 saturated carbocycles. The molecule has 1 aliphatic rings. The van der Waals surface area contributed by atoms with Crippen molar-refractivity contribution in [1.29, 1.82) is 0 Å². The van der Waals surface area contributed by atoms with E-state index in [4.69, 9.17) is 0 Å². The van der Waals surface area contributed by atoms with Crippen molar-refractivity contribution < 1.29 is 14.3 Å². The second-order valence-electron chi connectivity index (χ2n) is 5.78. The van der Waals surface area contributed by atoms with E-state index < -0.39 is 12.0 Å². The number of esters is 1. The van der Waals surface area contributed by atoms with Crippen molar-refractivity contribution in [2.24, 2.45) is 0 Å². The number of carbonyl (C=O) groups excluding carboxylic acids is 2. The number of nitrogens with one attached hydrogen (secondary N) is 1. The van der Waals surface area contributed by atoms with E-state index >= 15 is 0 Å². The highest BCUT2D eigenvalue weighted by atomic mass is 16.5. The topological polar surface area (TPSA) is 58.6 Å². The molecule has 5 heteroatoms. The summed E-state index contributed by atoms with van der Waals surface area (Å²) >= 11 is 0. The summed E-state index contributed by atoms with van der Waals surface area (Å²) in [5, 5.41) is 2.72. The van der Waals surface area contributed by atoms with Gasteiger partial charge in [-0.1, -0.05) is 0 Å². The van der Waals surface area contributed by atoms with Gasteiger partial charge in [0.05, 0.1) is 13.2 Å². The number of hydrogen-bond donors (Lipinski definition) is 1. The lowest BCUT2D eigenvalue weighted by Gasteiger charge is -2.36. The number of carbonyl (C=O) groups is 2. The molecule has 0 spiro atoms. The average Bonchev–Trinajstić information content (AvgIpc) is 2.76. The third-order valence-electron chi connectivity index (χ3n) is 3.33. The lowest BCUT2D eigenvalue weighted by atomic mass is 10.0. The Balaban J connectivity index is 2.64. The van der Waals surface area contributed by atoms with Gasteiger partial charge in [0.15, 0.2) is 0 Å². The summed E-state index contributed by atoms with van der Waals surface area (Å²) in [6.45, 7) is 8.86. The van der Waals surface area contributed by atoms with Crippen molar-refractivity contribution >= 4 is 11.9 Å². The molecular weight excluding hydrogens is 232 g/mol. The average molecular weight is 256 g/mol. The number of amides is 1. The van der Waals surface area contributed by atoms with E-state index in [-0.39, 0.29) is 17.5 Å². The molecule has 0 aromatic rings. The number of rotatable bonds is 3. The maximum Gasteiger partial charge on any atom is 0.328 e. The molecule has 0 aromatic carbocycles. The van der Waals surface area contributed by atoms with Crippen LogP contribution < -0.4 is 5.32 Å². The Morgan fingerprint density at radius 3 is 2.50 bits per heavy atom. The first-order valence-corrected chi connectivity index (χ1v) is 6.42. The van der Waals surface area contributed by atoms with Crippen LogP contribution in [0.25, 0.3) is 0 Å². The molecule has 5 nitrogen and oxygen atoms in total. The van der Waals surface area contributed by atoms with Crippen molar-refractivity contribution in [2.45, 2.75) is 58.2 Å². The first-order chi connectivity index (χ1) is 8.27. The molecule has 1 amide bonds. The third-order valence-corrected chi connectivity index (χ3v) is 3.33. The molecule has 0 aromatic heterocycles. The van der Waals surface area contributed by atoms with Crippen LogP contribution in [0.5, 0.6) is 0 Å². The van der Waals surface area contributed by atoms with Gasteiger partial charge in [-0.15, -0.1) is 0 Å². The van der Waals surface area contributed by atoms with Crippen molar-refractivity contribution in [2.75, 3.05) is 13.7 Å². The molecule has 1 aliphatic heterocycles.